The van der Waals surface area contributed by atoms with Crippen LogP contribution in [0.2, 0.25) is 10.0 Å². The second-order valence-corrected chi connectivity index (χ2v) is 12.6. The van der Waals surface area contributed by atoms with E-state index >= 15 is 0 Å². The van der Waals surface area contributed by atoms with Gasteiger partial charge in [0.1, 0.15) is 18.4 Å². The van der Waals surface area contributed by atoms with Gasteiger partial charge in [-0.25, -0.2) is 12.8 Å². The molecule has 2 amide bonds. The molecule has 1 atom stereocenters. The van der Waals surface area contributed by atoms with Crippen molar-refractivity contribution in [2.45, 2.75) is 45.2 Å². The molecule has 0 aliphatic rings. The molecule has 1 N–H and O–H groups in total. The lowest BCUT2D eigenvalue weighted by atomic mass is 10.1. The fourth-order valence-electron chi connectivity index (χ4n) is 3.87. The molecule has 0 aromatic heterocycles. The van der Waals surface area contributed by atoms with E-state index in [1.165, 1.54) is 55.5 Å². The summed E-state index contributed by atoms with van der Waals surface area (Å²) in [5, 5.41) is 3.04. The Bertz CT molecular complexity index is 1470. The maximum absolute atomic E-state index is 14.6. The number of anilines is 1. The van der Waals surface area contributed by atoms with Crippen LogP contribution in [0, 0.1) is 18.7 Å². The first-order valence-corrected chi connectivity index (χ1v) is 14.9. The van der Waals surface area contributed by atoms with E-state index in [1.54, 1.807) is 18.2 Å². The number of carbonyl (C=O) groups is 2. The highest BCUT2D eigenvalue weighted by molar-refractivity contribution is 7.92. The van der Waals surface area contributed by atoms with E-state index in [4.69, 9.17) is 23.2 Å². The fourth-order valence-corrected chi connectivity index (χ4v) is 5.73. The third kappa shape index (κ3) is 7.74. The van der Waals surface area contributed by atoms with Crippen molar-refractivity contribution in [2.24, 2.45) is 5.92 Å². The molecule has 11 heteroatoms. The van der Waals surface area contributed by atoms with Crippen LogP contribution in [0.4, 0.5) is 10.1 Å². The summed E-state index contributed by atoms with van der Waals surface area (Å²) in [5.41, 5.74) is 1.01. The van der Waals surface area contributed by atoms with Crippen LogP contribution in [-0.4, -0.2) is 44.3 Å². The Morgan fingerprint density at radius 1 is 0.975 bits per heavy atom. The number of carbonyl (C=O) groups excluding carboxylic acids is 2. The molecule has 0 aliphatic heterocycles. The smallest absolute Gasteiger partial charge is 0.264 e. The van der Waals surface area contributed by atoms with Crippen LogP contribution < -0.4 is 9.62 Å². The second-order valence-electron chi connectivity index (χ2n) is 9.85. The third-order valence-electron chi connectivity index (χ3n) is 6.22. The average molecular weight is 609 g/mol. The molecule has 7 nitrogen and oxygen atoms in total. The highest BCUT2D eigenvalue weighted by Crippen LogP contribution is 2.33. The lowest BCUT2D eigenvalue weighted by Crippen LogP contribution is -2.51. The first-order valence-electron chi connectivity index (χ1n) is 12.7. The van der Waals surface area contributed by atoms with Crippen LogP contribution in [0.5, 0.6) is 0 Å². The molecule has 0 saturated carbocycles. The first-order chi connectivity index (χ1) is 18.8. The molecule has 214 valence electrons. The summed E-state index contributed by atoms with van der Waals surface area (Å²) < 4.78 is 43.2. The Morgan fingerprint density at radius 2 is 1.62 bits per heavy atom. The van der Waals surface area contributed by atoms with Crippen LogP contribution in [0.1, 0.15) is 31.9 Å². The summed E-state index contributed by atoms with van der Waals surface area (Å²) in [7, 11) is -4.32. The maximum Gasteiger partial charge on any atom is 0.264 e. The van der Waals surface area contributed by atoms with Gasteiger partial charge < -0.3 is 10.2 Å². The van der Waals surface area contributed by atoms with E-state index in [2.05, 4.69) is 5.32 Å². The van der Waals surface area contributed by atoms with Crippen molar-refractivity contribution < 1.29 is 22.4 Å². The summed E-state index contributed by atoms with van der Waals surface area (Å²) in [6.07, 6.45) is 0. The number of hydrogen-bond acceptors (Lipinski definition) is 4. The van der Waals surface area contributed by atoms with Crippen LogP contribution in [0.25, 0.3) is 0 Å². The predicted molar refractivity (Wildman–Crippen MR) is 156 cm³/mol. The molecule has 0 spiro atoms. The minimum atomic E-state index is -4.32. The lowest BCUT2D eigenvalue weighted by Gasteiger charge is -2.32. The molecule has 0 bridgehead atoms. The number of hydrogen-bond donors (Lipinski definition) is 1. The zero-order valence-electron chi connectivity index (χ0n) is 22.7. The van der Waals surface area contributed by atoms with Gasteiger partial charge in [-0.05, 0) is 56.2 Å². The van der Waals surface area contributed by atoms with Gasteiger partial charge in [0.05, 0.1) is 15.6 Å². The first kappa shape index (κ1) is 31.4. The van der Waals surface area contributed by atoms with Crippen molar-refractivity contribution in [3.8, 4) is 0 Å². The van der Waals surface area contributed by atoms with Crippen LogP contribution in [-0.2, 0) is 26.2 Å². The third-order valence-corrected chi connectivity index (χ3v) is 8.54. The van der Waals surface area contributed by atoms with Crippen molar-refractivity contribution in [3.05, 3.63) is 93.7 Å². The van der Waals surface area contributed by atoms with Gasteiger partial charge >= 0.3 is 0 Å². The fraction of sp³-hybridized carbons (Fsp3) is 0.310. The number of nitrogens with zero attached hydrogens (tertiary/aromatic N) is 2. The van der Waals surface area contributed by atoms with Crippen LogP contribution >= 0.6 is 23.2 Å². The SMILES string of the molecule is Cc1ccc(S(=O)(=O)N(CC(=O)N(Cc2ccccc2F)[C@@H](C)C(=O)NCC(C)C)c2cc(Cl)ccc2Cl)cc1. The van der Waals surface area contributed by atoms with E-state index in [9.17, 15) is 22.4 Å². The summed E-state index contributed by atoms with van der Waals surface area (Å²) in [6, 6.07) is 15.3. The zero-order chi connectivity index (χ0) is 29.6. The number of benzene rings is 3. The molecule has 0 heterocycles. The van der Waals surface area contributed by atoms with Crippen molar-refractivity contribution >= 4 is 50.7 Å². The number of aryl methyl sites for hydroxylation is 1. The largest absolute Gasteiger partial charge is 0.354 e. The molecular weight excluding hydrogens is 576 g/mol. The standard InChI is InChI=1S/C29H32Cl2FN3O4S/c1-19(2)16-33-29(37)21(4)34(17-22-7-5-6-8-26(22)32)28(36)18-35(27-15-23(30)11-14-25(27)31)40(38,39)24-12-9-20(3)10-13-24/h5-15,19,21H,16-18H2,1-4H3,(H,33,37)/t21-/m0/s1. The zero-order valence-corrected chi connectivity index (χ0v) is 25.0. The highest BCUT2D eigenvalue weighted by Gasteiger charge is 2.33. The topological polar surface area (TPSA) is 86.8 Å². The Labute approximate surface area is 244 Å². The maximum atomic E-state index is 14.6. The van der Waals surface area contributed by atoms with E-state index in [-0.39, 0.29) is 38.7 Å². The number of sulfonamides is 1. The molecule has 0 aliphatic carbocycles. The van der Waals surface area contributed by atoms with Gasteiger partial charge in [0.2, 0.25) is 11.8 Å². The Kier molecular flexibility index (Phi) is 10.6. The normalized spacial score (nSPS) is 12.2. The molecule has 3 aromatic carbocycles. The molecule has 0 radical (unpaired) electrons. The summed E-state index contributed by atoms with van der Waals surface area (Å²) in [4.78, 5) is 28.0. The monoisotopic (exact) mass is 607 g/mol. The van der Waals surface area contributed by atoms with E-state index in [0.29, 0.717) is 6.54 Å². The molecule has 3 rings (SSSR count). The van der Waals surface area contributed by atoms with E-state index in [1.807, 2.05) is 20.8 Å². The van der Waals surface area contributed by atoms with Gasteiger partial charge in [0, 0.05) is 23.7 Å². The van der Waals surface area contributed by atoms with Gasteiger partial charge in [-0.15, -0.1) is 0 Å². The Morgan fingerprint density at radius 3 is 2.25 bits per heavy atom. The van der Waals surface area contributed by atoms with Gasteiger partial charge in [-0.1, -0.05) is 72.9 Å². The lowest BCUT2D eigenvalue weighted by molar-refractivity contribution is -0.139. The quantitative estimate of drug-likeness (QED) is 0.297. The molecule has 0 unspecified atom stereocenters. The van der Waals surface area contributed by atoms with Crippen molar-refractivity contribution in [2.75, 3.05) is 17.4 Å². The number of amides is 2. The molecular formula is C29H32Cl2FN3O4S. The van der Waals surface area contributed by atoms with Crippen molar-refractivity contribution in [1.29, 1.82) is 0 Å². The van der Waals surface area contributed by atoms with Gasteiger partial charge in [0.25, 0.3) is 10.0 Å². The predicted octanol–water partition coefficient (Wildman–Crippen LogP) is 5.83. The average Bonchev–Trinajstić information content (AvgIpc) is 2.91. The minimum absolute atomic E-state index is 0.00848. The van der Waals surface area contributed by atoms with E-state index < -0.39 is 40.2 Å². The number of nitrogens with one attached hydrogen (secondary N) is 1. The van der Waals surface area contributed by atoms with Crippen molar-refractivity contribution in [3.63, 3.8) is 0 Å². The molecule has 3 aromatic rings. The summed E-state index contributed by atoms with van der Waals surface area (Å²) in [6.45, 7) is 6.58. The number of rotatable bonds is 11. The highest BCUT2D eigenvalue weighted by atomic mass is 35.5. The second kappa shape index (κ2) is 13.5. The van der Waals surface area contributed by atoms with Gasteiger partial charge in [0.15, 0.2) is 0 Å². The van der Waals surface area contributed by atoms with Gasteiger partial charge in [-0.3, -0.25) is 13.9 Å². The Balaban J connectivity index is 2.07. The summed E-state index contributed by atoms with van der Waals surface area (Å²) in [5.74, 6) is -1.58. The Hall–Kier alpha value is -3.14. The molecule has 0 fully saturated rings. The van der Waals surface area contributed by atoms with Crippen LogP contribution in [0.3, 0.4) is 0 Å². The minimum Gasteiger partial charge on any atom is -0.354 e. The molecule has 0 saturated heterocycles. The molecule has 40 heavy (non-hydrogen) atoms. The van der Waals surface area contributed by atoms with Crippen molar-refractivity contribution in [1.82, 2.24) is 10.2 Å². The van der Waals surface area contributed by atoms with E-state index in [0.717, 1.165) is 14.8 Å². The summed E-state index contributed by atoms with van der Waals surface area (Å²) >= 11 is 12.6. The van der Waals surface area contributed by atoms with Gasteiger partial charge in [-0.2, -0.15) is 0 Å². The number of halogens is 3. The van der Waals surface area contributed by atoms with Crippen LogP contribution in [0.15, 0.2) is 71.6 Å².